The van der Waals surface area contributed by atoms with Gasteiger partial charge in [-0.15, -0.1) is 0 Å². The zero-order valence-corrected chi connectivity index (χ0v) is 17.2. The Kier molecular flexibility index (Phi) is 5.80. The summed E-state index contributed by atoms with van der Waals surface area (Å²) in [6.07, 6.45) is 3.78. The average Bonchev–Trinajstić information content (AvgIpc) is 3.22. The number of aromatic nitrogens is 2. The molecule has 5 nitrogen and oxygen atoms in total. The summed E-state index contributed by atoms with van der Waals surface area (Å²) in [4.78, 5) is 16.9. The molecule has 1 heterocycles. The van der Waals surface area contributed by atoms with Crippen LogP contribution in [0, 0.1) is 6.92 Å². The van der Waals surface area contributed by atoms with Gasteiger partial charge in [-0.25, -0.2) is 4.98 Å². The molecule has 0 fully saturated rings. The number of hydrogen-bond donors (Lipinski definition) is 1. The highest BCUT2D eigenvalue weighted by molar-refractivity contribution is 5.84. The van der Waals surface area contributed by atoms with Gasteiger partial charge in [-0.2, -0.15) is 0 Å². The minimum absolute atomic E-state index is 0.111. The molecule has 1 aromatic heterocycles. The molecule has 4 aromatic rings. The Bertz CT molecular complexity index is 1150. The number of ether oxygens (including phenoxy) is 1. The number of nitrogens with one attached hydrogen (secondary N) is 1. The van der Waals surface area contributed by atoms with E-state index in [1.807, 2.05) is 85.3 Å². The van der Waals surface area contributed by atoms with Crippen LogP contribution in [0.4, 0.5) is 0 Å². The van der Waals surface area contributed by atoms with E-state index in [0.717, 1.165) is 27.8 Å². The first-order chi connectivity index (χ1) is 14.6. The third-order valence-corrected chi connectivity index (χ3v) is 5.17. The molecular weight excluding hydrogens is 374 g/mol. The van der Waals surface area contributed by atoms with Crippen LogP contribution in [0.5, 0.6) is 5.75 Å². The van der Waals surface area contributed by atoms with Gasteiger partial charge in [0.1, 0.15) is 11.6 Å². The van der Waals surface area contributed by atoms with Gasteiger partial charge in [-0.3, -0.25) is 4.79 Å². The van der Waals surface area contributed by atoms with Crippen molar-refractivity contribution < 1.29 is 9.53 Å². The average molecular weight is 399 g/mol. The number of aryl methyl sites for hydroxylation is 1. The summed E-state index contributed by atoms with van der Waals surface area (Å²) in [5.74, 6) is 1.53. The molecule has 1 N–H and O–H groups in total. The fraction of sp³-hybridized carbons (Fsp3) is 0.200. The van der Waals surface area contributed by atoms with Crippen molar-refractivity contribution in [3.8, 4) is 11.4 Å². The summed E-state index contributed by atoms with van der Waals surface area (Å²) in [7, 11) is 0. The highest BCUT2D eigenvalue weighted by Gasteiger charge is 2.18. The number of amides is 1. The molecule has 0 spiro atoms. The lowest BCUT2D eigenvalue weighted by molar-refractivity contribution is -0.128. The molecule has 152 valence electrons. The number of carbonyl (C=O) groups excluding carboxylic acids is 1. The summed E-state index contributed by atoms with van der Waals surface area (Å²) in [5, 5.41) is 5.24. The fourth-order valence-electron chi connectivity index (χ4n) is 3.46. The summed E-state index contributed by atoms with van der Waals surface area (Å²) < 4.78 is 8.00. The molecule has 0 aliphatic rings. The fourth-order valence-corrected chi connectivity index (χ4v) is 3.46. The Hall–Kier alpha value is -3.60. The van der Waals surface area contributed by atoms with Crippen LogP contribution in [0.25, 0.3) is 16.5 Å². The lowest BCUT2D eigenvalue weighted by Gasteiger charge is -2.18. The molecule has 0 bridgehead atoms. The van der Waals surface area contributed by atoms with Gasteiger partial charge in [0.05, 0.1) is 0 Å². The number of nitrogens with zero attached hydrogens (tertiary/aromatic N) is 2. The first kappa shape index (κ1) is 19.7. The van der Waals surface area contributed by atoms with Crippen LogP contribution in [0.3, 0.4) is 0 Å². The second kappa shape index (κ2) is 8.82. The Labute approximate surface area is 176 Å². The predicted molar refractivity (Wildman–Crippen MR) is 119 cm³/mol. The van der Waals surface area contributed by atoms with Gasteiger partial charge in [-0.1, -0.05) is 49.4 Å². The van der Waals surface area contributed by atoms with E-state index in [4.69, 9.17) is 4.74 Å². The molecule has 1 atom stereocenters. The van der Waals surface area contributed by atoms with Gasteiger partial charge in [-0.05, 0) is 53.9 Å². The van der Waals surface area contributed by atoms with Gasteiger partial charge in [0, 0.05) is 24.6 Å². The van der Waals surface area contributed by atoms with Gasteiger partial charge < -0.3 is 14.6 Å². The van der Waals surface area contributed by atoms with Crippen molar-refractivity contribution in [1.82, 2.24) is 14.9 Å². The number of carbonyl (C=O) groups is 1. The van der Waals surface area contributed by atoms with Gasteiger partial charge in [0.2, 0.25) is 0 Å². The molecule has 0 radical (unpaired) electrons. The molecule has 0 aliphatic heterocycles. The maximum Gasteiger partial charge on any atom is 0.261 e. The Morgan fingerprint density at radius 2 is 1.83 bits per heavy atom. The van der Waals surface area contributed by atoms with Crippen LogP contribution in [0.15, 0.2) is 79.1 Å². The van der Waals surface area contributed by atoms with Crippen LogP contribution in [-0.2, 0) is 11.3 Å². The first-order valence-corrected chi connectivity index (χ1v) is 10.2. The van der Waals surface area contributed by atoms with Crippen molar-refractivity contribution in [3.05, 3.63) is 90.5 Å². The molecule has 5 heteroatoms. The Morgan fingerprint density at radius 1 is 1.07 bits per heavy atom. The van der Waals surface area contributed by atoms with E-state index in [0.29, 0.717) is 18.7 Å². The van der Waals surface area contributed by atoms with E-state index in [9.17, 15) is 4.79 Å². The Balaban J connectivity index is 1.37. The van der Waals surface area contributed by atoms with Crippen molar-refractivity contribution in [1.29, 1.82) is 0 Å². The van der Waals surface area contributed by atoms with Crippen LogP contribution < -0.4 is 10.1 Å². The monoisotopic (exact) mass is 399 g/mol. The first-order valence-electron chi connectivity index (χ1n) is 10.2. The normalized spacial score (nSPS) is 11.9. The molecule has 3 aromatic carbocycles. The van der Waals surface area contributed by atoms with E-state index in [2.05, 4.69) is 16.4 Å². The molecule has 0 unspecified atom stereocenters. The third kappa shape index (κ3) is 4.35. The Morgan fingerprint density at radius 3 is 2.53 bits per heavy atom. The zero-order chi connectivity index (χ0) is 20.9. The lowest BCUT2D eigenvalue weighted by Crippen LogP contribution is -2.37. The topological polar surface area (TPSA) is 56.1 Å². The SMILES string of the molecule is CC[C@H](Oc1ccc2ccccc2c1)C(=O)NCc1ccc(-n2ccnc2C)cc1. The highest BCUT2D eigenvalue weighted by Crippen LogP contribution is 2.22. The number of fused-ring (bicyclic) bond motifs is 1. The minimum atomic E-state index is -0.529. The van der Waals surface area contributed by atoms with Crippen LogP contribution in [0.1, 0.15) is 24.7 Å². The number of benzene rings is 3. The number of hydrogen-bond acceptors (Lipinski definition) is 3. The quantitative estimate of drug-likeness (QED) is 0.485. The summed E-state index contributed by atoms with van der Waals surface area (Å²) in [6, 6.07) is 22.1. The maximum atomic E-state index is 12.7. The largest absolute Gasteiger partial charge is 0.481 e. The number of rotatable bonds is 7. The standard InChI is InChI=1S/C25H25N3O2/c1-3-24(30-23-13-10-20-6-4-5-7-21(20)16-23)25(29)27-17-19-8-11-22(12-9-19)28-15-14-26-18(28)2/h4-16,24H,3,17H2,1-2H3,(H,27,29)/t24-/m0/s1. The van der Waals surface area contributed by atoms with E-state index in [1.54, 1.807) is 6.20 Å². The second-order valence-corrected chi connectivity index (χ2v) is 7.25. The summed E-state index contributed by atoms with van der Waals surface area (Å²) in [6.45, 7) is 4.38. The summed E-state index contributed by atoms with van der Waals surface area (Å²) >= 11 is 0. The van der Waals surface area contributed by atoms with Crippen LogP contribution in [0.2, 0.25) is 0 Å². The van der Waals surface area contributed by atoms with Crippen LogP contribution >= 0.6 is 0 Å². The molecule has 0 saturated carbocycles. The molecule has 1 amide bonds. The predicted octanol–water partition coefficient (Wildman–Crippen LogP) is 4.81. The highest BCUT2D eigenvalue weighted by atomic mass is 16.5. The van der Waals surface area contributed by atoms with Crippen molar-refractivity contribution in [2.75, 3.05) is 0 Å². The maximum absolute atomic E-state index is 12.7. The van der Waals surface area contributed by atoms with E-state index >= 15 is 0 Å². The van der Waals surface area contributed by atoms with Crippen molar-refractivity contribution in [3.63, 3.8) is 0 Å². The minimum Gasteiger partial charge on any atom is -0.481 e. The van der Waals surface area contributed by atoms with Crippen LogP contribution in [-0.4, -0.2) is 21.6 Å². The van der Waals surface area contributed by atoms with E-state index < -0.39 is 6.10 Å². The second-order valence-electron chi connectivity index (χ2n) is 7.25. The molecule has 30 heavy (non-hydrogen) atoms. The smallest absolute Gasteiger partial charge is 0.261 e. The van der Waals surface area contributed by atoms with Crippen molar-refractivity contribution in [2.45, 2.75) is 32.9 Å². The van der Waals surface area contributed by atoms with Gasteiger partial charge in [0.25, 0.3) is 5.91 Å². The molecule has 4 rings (SSSR count). The number of imidazole rings is 1. The van der Waals surface area contributed by atoms with Crippen molar-refractivity contribution in [2.24, 2.45) is 0 Å². The summed E-state index contributed by atoms with van der Waals surface area (Å²) in [5.41, 5.74) is 2.08. The van der Waals surface area contributed by atoms with Gasteiger partial charge in [0.15, 0.2) is 6.10 Å². The molecule has 0 saturated heterocycles. The molecular formula is C25H25N3O2. The van der Waals surface area contributed by atoms with E-state index in [1.165, 1.54) is 0 Å². The third-order valence-electron chi connectivity index (χ3n) is 5.17. The molecule has 0 aliphatic carbocycles. The van der Waals surface area contributed by atoms with E-state index in [-0.39, 0.29) is 5.91 Å². The lowest BCUT2D eigenvalue weighted by atomic mass is 10.1. The zero-order valence-electron chi connectivity index (χ0n) is 17.2. The van der Waals surface area contributed by atoms with Crippen molar-refractivity contribution >= 4 is 16.7 Å². The van der Waals surface area contributed by atoms with Gasteiger partial charge >= 0.3 is 0 Å².